The molecule has 1 heterocycles. The number of hydrogen-bond acceptors (Lipinski definition) is 6. The highest BCUT2D eigenvalue weighted by atomic mass is 16.4. The number of carbonyl (C=O) groups excluding carboxylic acids is 5. The van der Waals surface area contributed by atoms with Gasteiger partial charge in [0.15, 0.2) is 0 Å². The van der Waals surface area contributed by atoms with Crippen LogP contribution in [-0.4, -0.2) is 63.7 Å². The SMILES string of the molecule is CC(=O)N[C@@H](CCC(N)=O)C(=O)N[C@@H](Cc1c[nH]c2ccccc12)C(=O)N[C@@H](CCC(N)=O)C(=O)O. The molecule has 0 saturated carbocycles. The van der Waals surface area contributed by atoms with Crippen molar-refractivity contribution in [2.24, 2.45) is 11.5 Å². The number of rotatable bonds is 14. The number of benzene rings is 1. The number of fused-ring (bicyclic) bond motifs is 1. The first-order chi connectivity index (χ1) is 17.0. The maximum Gasteiger partial charge on any atom is 0.326 e. The summed E-state index contributed by atoms with van der Waals surface area (Å²) >= 11 is 0. The van der Waals surface area contributed by atoms with Crippen LogP contribution in [0.4, 0.5) is 0 Å². The van der Waals surface area contributed by atoms with Crippen molar-refractivity contribution >= 4 is 46.4 Å². The summed E-state index contributed by atoms with van der Waals surface area (Å²) in [6.45, 7) is 1.19. The van der Waals surface area contributed by atoms with Crippen molar-refractivity contribution in [1.82, 2.24) is 20.9 Å². The maximum atomic E-state index is 13.1. The van der Waals surface area contributed by atoms with Crippen LogP contribution >= 0.6 is 0 Å². The van der Waals surface area contributed by atoms with Crippen LogP contribution in [0.1, 0.15) is 38.2 Å². The van der Waals surface area contributed by atoms with Crippen LogP contribution in [0.3, 0.4) is 0 Å². The normalized spacial score (nSPS) is 13.2. The second-order valence-corrected chi connectivity index (χ2v) is 8.29. The van der Waals surface area contributed by atoms with Gasteiger partial charge in [0.2, 0.25) is 29.5 Å². The summed E-state index contributed by atoms with van der Waals surface area (Å²) in [7, 11) is 0. The molecule has 0 aliphatic carbocycles. The van der Waals surface area contributed by atoms with Crippen LogP contribution in [0.5, 0.6) is 0 Å². The van der Waals surface area contributed by atoms with Crippen molar-refractivity contribution in [3.63, 3.8) is 0 Å². The highest BCUT2D eigenvalue weighted by Gasteiger charge is 2.30. The van der Waals surface area contributed by atoms with Gasteiger partial charge in [-0.3, -0.25) is 24.0 Å². The predicted molar refractivity (Wildman–Crippen MR) is 128 cm³/mol. The number of hydrogen-bond donors (Lipinski definition) is 7. The standard InChI is InChI=1S/C23H30N6O7/c1-12(30)27-16(6-8-19(24)31)21(33)29-18(10-13-11-26-15-5-3-2-4-14(13)15)22(34)28-17(23(35)36)7-9-20(25)32/h2-5,11,16-18,26H,6-10H2,1H3,(H2,24,31)(H2,25,32)(H,27,30)(H,28,34)(H,29,33)(H,35,36)/t16-,17-,18-/m0/s1. The van der Waals surface area contributed by atoms with E-state index in [2.05, 4.69) is 20.9 Å². The summed E-state index contributed by atoms with van der Waals surface area (Å²) in [4.78, 5) is 74.7. The zero-order valence-electron chi connectivity index (χ0n) is 19.7. The summed E-state index contributed by atoms with van der Waals surface area (Å²) in [6, 6.07) is 3.44. The zero-order chi connectivity index (χ0) is 26.8. The van der Waals surface area contributed by atoms with E-state index in [1.807, 2.05) is 18.2 Å². The van der Waals surface area contributed by atoms with Crippen LogP contribution in [0, 0.1) is 0 Å². The van der Waals surface area contributed by atoms with E-state index < -0.39 is 53.6 Å². The van der Waals surface area contributed by atoms with Gasteiger partial charge < -0.3 is 37.5 Å². The van der Waals surface area contributed by atoms with Crippen molar-refractivity contribution < 1.29 is 33.9 Å². The Bertz CT molecular complexity index is 1140. The van der Waals surface area contributed by atoms with E-state index in [-0.39, 0.29) is 32.1 Å². The minimum Gasteiger partial charge on any atom is -0.480 e. The molecule has 13 nitrogen and oxygen atoms in total. The van der Waals surface area contributed by atoms with Crippen molar-refractivity contribution in [2.75, 3.05) is 0 Å². The monoisotopic (exact) mass is 502 g/mol. The Hall–Kier alpha value is -4.42. The number of H-pyrrole nitrogens is 1. The Labute approximate surface area is 206 Å². The van der Waals surface area contributed by atoms with Gasteiger partial charge >= 0.3 is 5.97 Å². The Balaban J connectivity index is 2.30. The Morgan fingerprint density at radius 2 is 1.42 bits per heavy atom. The van der Waals surface area contributed by atoms with Gasteiger partial charge in [-0.1, -0.05) is 18.2 Å². The number of aromatic amines is 1. The Kier molecular flexibility index (Phi) is 9.95. The number of para-hydroxylation sites is 1. The molecular formula is C23H30N6O7. The average Bonchev–Trinajstić information content (AvgIpc) is 3.20. The van der Waals surface area contributed by atoms with E-state index in [9.17, 15) is 33.9 Å². The molecule has 2 aromatic rings. The van der Waals surface area contributed by atoms with Crippen LogP contribution in [0.15, 0.2) is 30.5 Å². The van der Waals surface area contributed by atoms with E-state index in [4.69, 9.17) is 11.5 Å². The molecule has 3 atom stereocenters. The lowest BCUT2D eigenvalue weighted by molar-refractivity contribution is -0.142. The number of carboxylic acids is 1. The molecule has 1 aromatic heterocycles. The summed E-state index contributed by atoms with van der Waals surface area (Å²) < 4.78 is 0. The Morgan fingerprint density at radius 3 is 2.00 bits per heavy atom. The predicted octanol–water partition coefficient (Wildman–Crippen LogP) is -1.20. The van der Waals surface area contributed by atoms with Gasteiger partial charge in [0.05, 0.1) is 0 Å². The summed E-state index contributed by atoms with van der Waals surface area (Å²) in [5.41, 5.74) is 11.7. The van der Waals surface area contributed by atoms with E-state index in [0.29, 0.717) is 5.56 Å². The highest BCUT2D eigenvalue weighted by molar-refractivity contribution is 5.94. The fourth-order valence-electron chi connectivity index (χ4n) is 3.62. The van der Waals surface area contributed by atoms with Crippen LogP contribution in [0.25, 0.3) is 10.9 Å². The first-order valence-corrected chi connectivity index (χ1v) is 11.2. The lowest BCUT2D eigenvalue weighted by atomic mass is 10.0. The van der Waals surface area contributed by atoms with Crippen molar-refractivity contribution in [1.29, 1.82) is 0 Å². The Morgan fingerprint density at radius 1 is 0.861 bits per heavy atom. The molecule has 9 N–H and O–H groups in total. The second kappa shape index (κ2) is 12.9. The molecule has 0 aliphatic rings. The lowest BCUT2D eigenvalue weighted by Gasteiger charge is -2.24. The average molecular weight is 503 g/mol. The number of aromatic nitrogens is 1. The molecule has 13 heteroatoms. The summed E-state index contributed by atoms with van der Waals surface area (Å²) in [5.74, 6) is -4.89. The van der Waals surface area contributed by atoms with Gasteiger partial charge in [0.25, 0.3) is 0 Å². The molecule has 1 aromatic carbocycles. The first-order valence-electron chi connectivity index (χ1n) is 11.2. The van der Waals surface area contributed by atoms with Crippen LogP contribution in [-0.2, 0) is 35.2 Å². The number of nitrogens with two attached hydrogens (primary N) is 2. The minimum atomic E-state index is -1.42. The molecular weight excluding hydrogens is 472 g/mol. The molecule has 0 radical (unpaired) electrons. The van der Waals surface area contributed by atoms with Crippen molar-refractivity contribution in [2.45, 2.75) is 57.2 Å². The molecule has 0 spiro atoms. The third kappa shape index (κ3) is 8.42. The quantitative estimate of drug-likeness (QED) is 0.167. The number of amides is 5. The molecule has 194 valence electrons. The molecule has 0 fully saturated rings. The first kappa shape index (κ1) is 27.8. The third-order valence-corrected chi connectivity index (χ3v) is 5.40. The van der Waals surface area contributed by atoms with Gasteiger partial charge in [-0.15, -0.1) is 0 Å². The van der Waals surface area contributed by atoms with E-state index in [1.54, 1.807) is 12.3 Å². The van der Waals surface area contributed by atoms with E-state index in [0.717, 1.165) is 10.9 Å². The fraction of sp³-hybridized carbons (Fsp3) is 0.391. The minimum absolute atomic E-state index is 0.0215. The summed E-state index contributed by atoms with van der Waals surface area (Å²) in [5, 5.41) is 17.5. The smallest absolute Gasteiger partial charge is 0.326 e. The zero-order valence-corrected chi connectivity index (χ0v) is 19.7. The maximum absolute atomic E-state index is 13.1. The lowest BCUT2D eigenvalue weighted by Crippen LogP contribution is -2.56. The van der Waals surface area contributed by atoms with Crippen molar-refractivity contribution in [3.8, 4) is 0 Å². The second-order valence-electron chi connectivity index (χ2n) is 8.29. The van der Waals surface area contributed by atoms with Gasteiger partial charge in [-0.2, -0.15) is 0 Å². The highest BCUT2D eigenvalue weighted by Crippen LogP contribution is 2.19. The molecule has 5 amide bonds. The van der Waals surface area contributed by atoms with Gasteiger partial charge in [-0.05, 0) is 24.5 Å². The van der Waals surface area contributed by atoms with Gasteiger partial charge in [-0.25, -0.2) is 4.79 Å². The topological polar surface area (TPSA) is 227 Å². The van der Waals surface area contributed by atoms with Crippen LogP contribution < -0.4 is 27.4 Å². The summed E-state index contributed by atoms with van der Waals surface area (Å²) in [6.07, 6.45) is 0.847. The van der Waals surface area contributed by atoms with E-state index in [1.165, 1.54) is 6.92 Å². The molecule has 36 heavy (non-hydrogen) atoms. The van der Waals surface area contributed by atoms with Crippen LogP contribution in [0.2, 0.25) is 0 Å². The van der Waals surface area contributed by atoms with E-state index >= 15 is 0 Å². The molecule has 0 bridgehead atoms. The van der Waals surface area contributed by atoms with Crippen molar-refractivity contribution in [3.05, 3.63) is 36.0 Å². The molecule has 0 saturated heterocycles. The largest absolute Gasteiger partial charge is 0.480 e. The molecule has 0 unspecified atom stereocenters. The number of aliphatic carboxylic acids is 1. The fourth-order valence-corrected chi connectivity index (χ4v) is 3.62. The third-order valence-electron chi connectivity index (χ3n) is 5.40. The number of primary amides is 2. The number of carboxylic acid groups (broad SMARTS) is 1. The van der Waals surface area contributed by atoms with Gasteiger partial charge in [0.1, 0.15) is 18.1 Å². The number of carbonyl (C=O) groups is 6. The number of nitrogens with one attached hydrogen (secondary N) is 4. The molecule has 0 aliphatic heterocycles. The molecule has 2 rings (SSSR count). The van der Waals surface area contributed by atoms with Gasteiger partial charge in [0, 0.05) is 43.3 Å².